The quantitative estimate of drug-likeness (QED) is 0.689. The van der Waals surface area contributed by atoms with Gasteiger partial charge >= 0.3 is 0 Å². The Morgan fingerprint density at radius 3 is 2.13 bits per heavy atom. The number of nitrogens with two attached hydrogens (primary N) is 1. The predicted molar refractivity (Wildman–Crippen MR) is 61.5 cm³/mol. The molecule has 0 saturated carbocycles. The summed E-state index contributed by atoms with van der Waals surface area (Å²) in [6.45, 7) is 8.49. The van der Waals surface area contributed by atoms with E-state index in [2.05, 4.69) is 5.32 Å². The van der Waals surface area contributed by atoms with Gasteiger partial charge in [-0.1, -0.05) is 27.7 Å². The fourth-order valence-electron chi connectivity index (χ4n) is 1.16. The summed E-state index contributed by atoms with van der Waals surface area (Å²) >= 11 is 0. The molecule has 0 fully saturated rings. The largest absolute Gasteiger partial charge is 0.383 e. The molecule has 1 amide bonds. The Labute approximate surface area is 92.6 Å². The van der Waals surface area contributed by atoms with Crippen molar-refractivity contribution in [1.29, 1.82) is 0 Å². The maximum absolute atomic E-state index is 11.7. The number of amides is 1. The topological polar surface area (TPSA) is 64.3 Å². The Bertz CT molecular complexity index is 193. The molecule has 0 aromatic heterocycles. The molecule has 0 aliphatic rings. The molecule has 0 rings (SSSR count). The van der Waals surface area contributed by atoms with E-state index in [0.29, 0.717) is 12.5 Å². The van der Waals surface area contributed by atoms with Gasteiger partial charge in [-0.2, -0.15) is 0 Å². The molecule has 0 saturated heterocycles. The third kappa shape index (κ3) is 5.14. The molecule has 4 heteroatoms. The molecule has 0 heterocycles. The first-order valence-corrected chi connectivity index (χ1v) is 5.45. The molecular formula is C11H24N2O2. The van der Waals surface area contributed by atoms with Crippen molar-refractivity contribution in [3.8, 4) is 0 Å². The highest BCUT2D eigenvalue weighted by atomic mass is 16.5. The van der Waals surface area contributed by atoms with Crippen LogP contribution in [0.15, 0.2) is 0 Å². The fourth-order valence-corrected chi connectivity index (χ4v) is 1.16. The minimum atomic E-state index is -0.442. The Morgan fingerprint density at radius 2 is 1.80 bits per heavy atom. The molecule has 0 bridgehead atoms. The molecule has 0 aliphatic carbocycles. The Hall–Kier alpha value is -0.610. The number of rotatable bonds is 6. The summed E-state index contributed by atoms with van der Waals surface area (Å²) in [7, 11) is 1.63. The Kier molecular flexibility index (Phi) is 6.52. The molecule has 90 valence electrons. The summed E-state index contributed by atoms with van der Waals surface area (Å²) in [4.78, 5) is 11.7. The standard InChI is InChI=1S/C11H24N2O2/c1-7(2)9(6-15-5)13-11(14)10(12)8(3)4/h7-10H,6,12H2,1-5H3,(H,13,14)/t9?,10-/m1/s1. The zero-order valence-electron chi connectivity index (χ0n) is 10.4. The van der Waals surface area contributed by atoms with Crippen LogP contribution >= 0.6 is 0 Å². The monoisotopic (exact) mass is 216 g/mol. The predicted octanol–water partition coefficient (Wildman–Crippen LogP) is 0.757. The second-order valence-corrected chi connectivity index (χ2v) is 4.58. The van der Waals surface area contributed by atoms with E-state index in [9.17, 15) is 4.79 Å². The molecule has 0 spiro atoms. The first-order chi connectivity index (χ1) is 6.90. The van der Waals surface area contributed by atoms with Crippen molar-refractivity contribution in [2.24, 2.45) is 17.6 Å². The van der Waals surface area contributed by atoms with Crippen molar-refractivity contribution >= 4 is 5.91 Å². The van der Waals surface area contributed by atoms with Gasteiger partial charge in [-0.15, -0.1) is 0 Å². The van der Waals surface area contributed by atoms with E-state index in [1.807, 2.05) is 27.7 Å². The van der Waals surface area contributed by atoms with Crippen molar-refractivity contribution in [2.45, 2.75) is 39.8 Å². The minimum Gasteiger partial charge on any atom is -0.383 e. The lowest BCUT2D eigenvalue weighted by atomic mass is 10.0. The van der Waals surface area contributed by atoms with Gasteiger partial charge in [-0.3, -0.25) is 4.79 Å². The number of ether oxygens (including phenoxy) is 1. The van der Waals surface area contributed by atoms with E-state index in [-0.39, 0.29) is 17.9 Å². The van der Waals surface area contributed by atoms with E-state index in [4.69, 9.17) is 10.5 Å². The summed E-state index contributed by atoms with van der Waals surface area (Å²) in [6.07, 6.45) is 0. The van der Waals surface area contributed by atoms with Crippen LogP contribution in [0, 0.1) is 11.8 Å². The van der Waals surface area contributed by atoms with Gasteiger partial charge in [0.1, 0.15) is 0 Å². The van der Waals surface area contributed by atoms with Crippen LogP contribution in [0.2, 0.25) is 0 Å². The molecule has 1 unspecified atom stereocenters. The number of carbonyl (C=O) groups excluding carboxylic acids is 1. The number of methoxy groups -OCH3 is 1. The van der Waals surface area contributed by atoms with E-state index < -0.39 is 6.04 Å². The first kappa shape index (κ1) is 14.4. The van der Waals surface area contributed by atoms with Crippen molar-refractivity contribution in [3.63, 3.8) is 0 Å². The molecule has 3 N–H and O–H groups in total. The Morgan fingerprint density at radius 1 is 1.27 bits per heavy atom. The number of carbonyl (C=O) groups is 1. The lowest BCUT2D eigenvalue weighted by Gasteiger charge is -2.24. The van der Waals surface area contributed by atoms with Crippen LogP contribution < -0.4 is 11.1 Å². The lowest BCUT2D eigenvalue weighted by Crippen LogP contribution is -2.50. The first-order valence-electron chi connectivity index (χ1n) is 5.45. The molecule has 4 nitrogen and oxygen atoms in total. The summed E-state index contributed by atoms with van der Waals surface area (Å²) in [5.41, 5.74) is 5.75. The van der Waals surface area contributed by atoms with Crippen LogP contribution in [-0.4, -0.2) is 31.7 Å². The SMILES string of the molecule is COCC(NC(=O)[C@H](N)C(C)C)C(C)C. The van der Waals surface area contributed by atoms with E-state index in [0.717, 1.165) is 0 Å². The number of hydrogen-bond acceptors (Lipinski definition) is 3. The highest BCUT2D eigenvalue weighted by molar-refractivity contribution is 5.82. The smallest absolute Gasteiger partial charge is 0.237 e. The molecule has 0 aliphatic heterocycles. The minimum absolute atomic E-state index is 0.0345. The highest BCUT2D eigenvalue weighted by Crippen LogP contribution is 2.04. The second-order valence-electron chi connectivity index (χ2n) is 4.58. The molecule has 0 aromatic carbocycles. The summed E-state index contributed by atoms with van der Waals surface area (Å²) in [6, 6.07) is -0.407. The molecule has 15 heavy (non-hydrogen) atoms. The van der Waals surface area contributed by atoms with Gasteiger partial charge in [0.2, 0.25) is 5.91 Å². The number of nitrogens with one attached hydrogen (secondary N) is 1. The van der Waals surface area contributed by atoms with Gasteiger partial charge in [0.15, 0.2) is 0 Å². The fraction of sp³-hybridized carbons (Fsp3) is 0.909. The molecule has 0 aromatic rings. The molecule has 0 radical (unpaired) electrons. The van der Waals surface area contributed by atoms with E-state index in [1.54, 1.807) is 7.11 Å². The zero-order valence-corrected chi connectivity index (χ0v) is 10.4. The third-order valence-electron chi connectivity index (χ3n) is 2.50. The normalized spacial score (nSPS) is 15.5. The Balaban J connectivity index is 4.22. The van der Waals surface area contributed by atoms with Gasteiger partial charge in [-0.05, 0) is 11.8 Å². The molecular weight excluding hydrogens is 192 g/mol. The maximum atomic E-state index is 11.7. The highest BCUT2D eigenvalue weighted by Gasteiger charge is 2.22. The van der Waals surface area contributed by atoms with Crippen molar-refractivity contribution in [1.82, 2.24) is 5.32 Å². The summed E-state index contributed by atoms with van der Waals surface area (Å²) < 4.78 is 5.05. The van der Waals surface area contributed by atoms with Gasteiger partial charge in [0, 0.05) is 7.11 Å². The van der Waals surface area contributed by atoms with Crippen molar-refractivity contribution < 1.29 is 9.53 Å². The lowest BCUT2D eigenvalue weighted by molar-refractivity contribution is -0.124. The van der Waals surface area contributed by atoms with Crippen LogP contribution in [0.1, 0.15) is 27.7 Å². The van der Waals surface area contributed by atoms with Gasteiger partial charge in [0.25, 0.3) is 0 Å². The van der Waals surface area contributed by atoms with Crippen LogP contribution in [0.25, 0.3) is 0 Å². The average molecular weight is 216 g/mol. The van der Waals surface area contributed by atoms with Crippen LogP contribution in [0.4, 0.5) is 0 Å². The zero-order chi connectivity index (χ0) is 12.0. The second kappa shape index (κ2) is 6.80. The molecule has 2 atom stereocenters. The van der Waals surface area contributed by atoms with E-state index in [1.165, 1.54) is 0 Å². The maximum Gasteiger partial charge on any atom is 0.237 e. The van der Waals surface area contributed by atoms with Crippen LogP contribution in [0.3, 0.4) is 0 Å². The number of hydrogen-bond donors (Lipinski definition) is 2. The summed E-state index contributed by atoms with van der Waals surface area (Å²) in [5, 5.41) is 2.91. The van der Waals surface area contributed by atoms with Crippen molar-refractivity contribution in [3.05, 3.63) is 0 Å². The van der Waals surface area contributed by atoms with Crippen molar-refractivity contribution in [2.75, 3.05) is 13.7 Å². The summed E-state index contributed by atoms with van der Waals surface area (Å²) in [5.74, 6) is 0.398. The van der Waals surface area contributed by atoms with Crippen LogP contribution in [0.5, 0.6) is 0 Å². The van der Waals surface area contributed by atoms with Gasteiger partial charge in [0.05, 0.1) is 18.7 Å². The van der Waals surface area contributed by atoms with E-state index >= 15 is 0 Å². The van der Waals surface area contributed by atoms with Gasteiger partial charge in [-0.25, -0.2) is 0 Å². The van der Waals surface area contributed by atoms with Gasteiger partial charge < -0.3 is 15.8 Å². The third-order valence-corrected chi connectivity index (χ3v) is 2.50. The average Bonchev–Trinajstić information content (AvgIpc) is 2.15. The van der Waals surface area contributed by atoms with Crippen LogP contribution in [-0.2, 0) is 9.53 Å².